The van der Waals surface area contributed by atoms with E-state index in [2.05, 4.69) is 5.10 Å². The molecule has 0 bridgehead atoms. The number of rotatable bonds is 4. The van der Waals surface area contributed by atoms with Gasteiger partial charge in [-0.1, -0.05) is 0 Å². The smallest absolute Gasteiger partial charge is 0.416 e. The van der Waals surface area contributed by atoms with Crippen LogP contribution in [0.1, 0.15) is 42.2 Å². The van der Waals surface area contributed by atoms with E-state index in [0.29, 0.717) is 11.3 Å². The first-order chi connectivity index (χ1) is 14.4. The highest BCUT2D eigenvalue weighted by molar-refractivity contribution is 5.94. The molecule has 0 saturated heterocycles. The largest absolute Gasteiger partial charge is 0.478 e. The molecule has 2 aromatic carbocycles. The van der Waals surface area contributed by atoms with Crippen LogP contribution in [0.5, 0.6) is 0 Å². The number of carbonyl (C=O) groups is 3. The summed E-state index contributed by atoms with van der Waals surface area (Å²) in [5, 5.41) is 29.7. The molecule has 8 nitrogen and oxygen atoms in total. The van der Waals surface area contributed by atoms with Crippen molar-refractivity contribution in [3.63, 3.8) is 0 Å². The van der Waals surface area contributed by atoms with Crippen molar-refractivity contribution >= 4 is 17.9 Å². The van der Waals surface area contributed by atoms with Crippen molar-refractivity contribution in [1.82, 2.24) is 9.78 Å². The molecule has 11 heteroatoms. The summed E-state index contributed by atoms with van der Waals surface area (Å²) in [6.45, 7) is 1.65. The maximum absolute atomic E-state index is 12.3. The highest BCUT2D eigenvalue weighted by atomic mass is 19.4. The van der Waals surface area contributed by atoms with E-state index >= 15 is 0 Å². The Bertz CT molecular complexity index is 1090. The van der Waals surface area contributed by atoms with Crippen molar-refractivity contribution < 1.29 is 42.9 Å². The van der Waals surface area contributed by atoms with Crippen molar-refractivity contribution in [1.29, 1.82) is 0 Å². The van der Waals surface area contributed by atoms with Crippen LogP contribution in [-0.2, 0) is 6.18 Å². The lowest BCUT2D eigenvalue weighted by molar-refractivity contribution is -0.137. The van der Waals surface area contributed by atoms with Gasteiger partial charge in [0.2, 0.25) is 0 Å². The second-order valence-corrected chi connectivity index (χ2v) is 6.22. The van der Waals surface area contributed by atoms with Gasteiger partial charge in [0.15, 0.2) is 0 Å². The SMILES string of the molecule is Cc1cc(C(=O)O)cc(C(=O)O)c1.O=C(O)c1cnn(-c2ccc(C(F)(F)F)cc2)c1. The summed E-state index contributed by atoms with van der Waals surface area (Å²) in [6.07, 6.45) is -2.04. The number of alkyl halides is 3. The van der Waals surface area contributed by atoms with E-state index in [0.717, 1.165) is 24.4 Å². The van der Waals surface area contributed by atoms with E-state index in [4.69, 9.17) is 15.3 Å². The van der Waals surface area contributed by atoms with Gasteiger partial charge in [0.1, 0.15) is 0 Å². The minimum atomic E-state index is -4.39. The van der Waals surface area contributed by atoms with E-state index in [1.807, 2.05) is 0 Å². The van der Waals surface area contributed by atoms with Crippen LogP contribution in [0.25, 0.3) is 5.69 Å². The molecule has 0 aliphatic heterocycles. The molecule has 3 N–H and O–H groups in total. The second-order valence-electron chi connectivity index (χ2n) is 6.22. The lowest BCUT2D eigenvalue weighted by Gasteiger charge is -2.07. The van der Waals surface area contributed by atoms with Gasteiger partial charge < -0.3 is 15.3 Å². The molecular weight excluding hydrogens is 421 g/mol. The van der Waals surface area contributed by atoms with Gasteiger partial charge in [-0.3, -0.25) is 0 Å². The van der Waals surface area contributed by atoms with E-state index in [1.165, 1.54) is 35.1 Å². The zero-order valence-electron chi connectivity index (χ0n) is 15.8. The third kappa shape index (κ3) is 6.16. The number of hydrogen-bond acceptors (Lipinski definition) is 4. The summed E-state index contributed by atoms with van der Waals surface area (Å²) in [5.41, 5.74) is 0.175. The predicted octanol–water partition coefficient (Wildman–Crippen LogP) is 3.98. The number of nitrogens with zero attached hydrogens (tertiary/aromatic N) is 2. The molecule has 1 aromatic heterocycles. The molecular formula is C20H15F3N2O6. The molecule has 3 aromatic rings. The summed E-state index contributed by atoms with van der Waals surface area (Å²) < 4.78 is 38.2. The van der Waals surface area contributed by atoms with Crippen LogP contribution in [0, 0.1) is 6.92 Å². The molecule has 0 unspecified atom stereocenters. The summed E-state index contributed by atoms with van der Waals surface area (Å²) in [5.74, 6) is -3.38. The van der Waals surface area contributed by atoms with Crippen molar-refractivity contribution in [3.05, 3.63) is 82.7 Å². The maximum Gasteiger partial charge on any atom is 0.416 e. The second kappa shape index (κ2) is 9.11. The fourth-order valence-electron chi connectivity index (χ4n) is 2.41. The maximum atomic E-state index is 12.3. The number of aromatic carboxylic acids is 3. The molecule has 0 amide bonds. The minimum absolute atomic E-state index is 0.00241. The fourth-order valence-corrected chi connectivity index (χ4v) is 2.41. The standard InChI is InChI=1S/C11H7F3N2O2.C9H8O4/c12-11(13,14)8-1-3-9(4-2-8)16-6-7(5-15-16)10(17)18;1-5-2-6(8(10)11)4-7(3-5)9(12)13/h1-6H,(H,17,18);2-4H,1H3,(H,10,11)(H,12,13). The number of aromatic nitrogens is 2. The van der Waals surface area contributed by atoms with Crippen LogP contribution in [0.3, 0.4) is 0 Å². The normalized spacial score (nSPS) is 10.7. The average Bonchev–Trinajstić information content (AvgIpc) is 3.18. The van der Waals surface area contributed by atoms with E-state index in [-0.39, 0.29) is 16.7 Å². The van der Waals surface area contributed by atoms with E-state index in [9.17, 15) is 27.6 Å². The number of carboxylic acids is 3. The number of halogens is 3. The highest BCUT2D eigenvalue weighted by Crippen LogP contribution is 2.29. The molecule has 1 heterocycles. The molecule has 0 saturated carbocycles. The average molecular weight is 436 g/mol. The third-order valence-corrected chi connectivity index (χ3v) is 3.86. The minimum Gasteiger partial charge on any atom is -0.478 e. The Morgan fingerprint density at radius 2 is 1.32 bits per heavy atom. The van der Waals surface area contributed by atoms with Crippen LogP contribution < -0.4 is 0 Å². The summed E-state index contributed by atoms with van der Waals surface area (Å²) in [7, 11) is 0. The van der Waals surface area contributed by atoms with Crippen LogP contribution in [0.4, 0.5) is 13.2 Å². The van der Waals surface area contributed by atoms with Crippen LogP contribution >= 0.6 is 0 Å². The van der Waals surface area contributed by atoms with Gasteiger partial charge in [0, 0.05) is 6.20 Å². The van der Waals surface area contributed by atoms with Gasteiger partial charge in [0.25, 0.3) is 0 Å². The molecule has 3 rings (SSSR count). The van der Waals surface area contributed by atoms with Gasteiger partial charge in [-0.25, -0.2) is 19.1 Å². The Morgan fingerprint density at radius 1 is 0.839 bits per heavy atom. The summed E-state index contributed by atoms with van der Waals surface area (Å²) >= 11 is 0. The lowest BCUT2D eigenvalue weighted by Crippen LogP contribution is -2.05. The highest BCUT2D eigenvalue weighted by Gasteiger charge is 2.30. The first kappa shape index (κ1) is 23.1. The van der Waals surface area contributed by atoms with Crippen molar-refractivity contribution in [2.75, 3.05) is 0 Å². The quantitative estimate of drug-likeness (QED) is 0.564. The van der Waals surface area contributed by atoms with Crippen LogP contribution in [-0.4, -0.2) is 43.0 Å². The lowest BCUT2D eigenvalue weighted by atomic mass is 10.1. The zero-order valence-corrected chi connectivity index (χ0v) is 15.8. The Balaban J connectivity index is 0.000000233. The van der Waals surface area contributed by atoms with Crippen molar-refractivity contribution in [2.24, 2.45) is 0 Å². The van der Waals surface area contributed by atoms with Gasteiger partial charge in [-0.2, -0.15) is 18.3 Å². The van der Waals surface area contributed by atoms with E-state index in [1.54, 1.807) is 6.92 Å². The first-order valence-corrected chi connectivity index (χ1v) is 8.42. The molecule has 0 radical (unpaired) electrons. The first-order valence-electron chi connectivity index (χ1n) is 8.42. The number of benzene rings is 2. The molecule has 0 atom stereocenters. The summed E-state index contributed by atoms with van der Waals surface area (Å²) in [4.78, 5) is 31.7. The van der Waals surface area contributed by atoms with Gasteiger partial charge in [-0.15, -0.1) is 0 Å². The third-order valence-electron chi connectivity index (χ3n) is 3.86. The Hall–Kier alpha value is -4.15. The Labute approximate surface area is 172 Å². The number of aryl methyl sites for hydroxylation is 1. The van der Waals surface area contributed by atoms with Gasteiger partial charge >= 0.3 is 24.1 Å². The van der Waals surface area contributed by atoms with Gasteiger partial charge in [0.05, 0.1) is 34.1 Å². The fraction of sp³-hybridized carbons (Fsp3) is 0.100. The molecule has 162 valence electrons. The van der Waals surface area contributed by atoms with E-state index < -0.39 is 29.6 Å². The number of hydrogen-bond donors (Lipinski definition) is 3. The Kier molecular flexibility index (Phi) is 6.80. The van der Waals surface area contributed by atoms with Crippen LogP contribution in [0.2, 0.25) is 0 Å². The molecule has 0 aliphatic rings. The van der Waals surface area contributed by atoms with Crippen molar-refractivity contribution in [2.45, 2.75) is 13.1 Å². The molecule has 31 heavy (non-hydrogen) atoms. The van der Waals surface area contributed by atoms with Gasteiger partial charge in [-0.05, 0) is 55.0 Å². The number of carboxylic acid groups (broad SMARTS) is 3. The zero-order chi connectivity index (χ0) is 23.3. The topological polar surface area (TPSA) is 130 Å². The molecule has 0 spiro atoms. The monoisotopic (exact) mass is 436 g/mol. The molecule has 0 aliphatic carbocycles. The Morgan fingerprint density at radius 3 is 1.71 bits per heavy atom. The molecule has 0 fully saturated rings. The summed E-state index contributed by atoms with van der Waals surface area (Å²) in [6, 6.07) is 8.26. The van der Waals surface area contributed by atoms with Crippen LogP contribution in [0.15, 0.2) is 54.9 Å². The predicted molar refractivity (Wildman–Crippen MR) is 101 cm³/mol. The van der Waals surface area contributed by atoms with Crippen molar-refractivity contribution in [3.8, 4) is 5.69 Å².